The predicted octanol–water partition coefficient (Wildman–Crippen LogP) is 1.95. The highest BCUT2D eigenvalue weighted by Crippen LogP contribution is 2.08. The summed E-state index contributed by atoms with van der Waals surface area (Å²) < 4.78 is 0. The van der Waals surface area contributed by atoms with Crippen LogP contribution in [0.4, 0.5) is 0 Å². The molecule has 1 aliphatic rings. The van der Waals surface area contributed by atoms with E-state index in [0.717, 1.165) is 18.5 Å². The molecule has 5 nitrogen and oxygen atoms in total. The Hall–Kier alpha value is -1.88. The number of hydrogen-bond donors (Lipinski definition) is 2. The second-order valence-electron chi connectivity index (χ2n) is 4.36. The van der Waals surface area contributed by atoms with E-state index in [2.05, 4.69) is 21.5 Å². The molecule has 104 valence electrons. The molecule has 0 aromatic heterocycles. The summed E-state index contributed by atoms with van der Waals surface area (Å²) in [7, 11) is 1.70. The van der Waals surface area contributed by atoms with Gasteiger partial charge in [-0.1, -0.05) is 6.08 Å². The van der Waals surface area contributed by atoms with Crippen LogP contribution < -0.4 is 11.2 Å². The first-order valence-electron chi connectivity index (χ1n) is 6.30. The Bertz CT molecular complexity index is 433. The SMILES string of the molecule is CNO/C(C)=C/C(N)=C(C)C=NCC1C=CN=CC1. The summed E-state index contributed by atoms with van der Waals surface area (Å²) in [6.45, 7) is 4.52. The van der Waals surface area contributed by atoms with Gasteiger partial charge in [0.2, 0.25) is 0 Å². The topological polar surface area (TPSA) is 72.0 Å². The fraction of sp³-hybridized carbons (Fsp3) is 0.429. The van der Waals surface area contributed by atoms with Crippen molar-refractivity contribution in [3.05, 3.63) is 35.4 Å². The lowest BCUT2D eigenvalue weighted by Crippen LogP contribution is -2.08. The van der Waals surface area contributed by atoms with E-state index in [1.807, 2.05) is 26.3 Å². The monoisotopic (exact) mass is 262 g/mol. The summed E-state index contributed by atoms with van der Waals surface area (Å²) in [5.74, 6) is 1.15. The van der Waals surface area contributed by atoms with Crippen LogP contribution in [0.2, 0.25) is 0 Å². The van der Waals surface area contributed by atoms with Gasteiger partial charge in [0.05, 0.1) is 0 Å². The summed E-state index contributed by atoms with van der Waals surface area (Å²) in [5.41, 5.74) is 10.1. The molecule has 0 aliphatic carbocycles. The number of hydroxylamine groups is 1. The molecular formula is C14H22N4O. The lowest BCUT2D eigenvalue weighted by molar-refractivity contribution is 0.128. The Kier molecular flexibility index (Phi) is 6.60. The second-order valence-corrected chi connectivity index (χ2v) is 4.36. The van der Waals surface area contributed by atoms with Crippen LogP contribution in [-0.4, -0.2) is 26.0 Å². The Morgan fingerprint density at radius 1 is 1.58 bits per heavy atom. The van der Waals surface area contributed by atoms with Crippen LogP contribution >= 0.6 is 0 Å². The summed E-state index contributed by atoms with van der Waals surface area (Å²) in [6, 6.07) is 0. The molecule has 0 fully saturated rings. The van der Waals surface area contributed by atoms with E-state index in [4.69, 9.17) is 10.6 Å². The molecule has 0 saturated heterocycles. The van der Waals surface area contributed by atoms with Gasteiger partial charge in [-0.15, -0.1) is 0 Å². The maximum absolute atomic E-state index is 5.94. The quantitative estimate of drug-likeness (QED) is 0.332. The fourth-order valence-electron chi connectivity index (χ4n) is 1.57. The van der Waals surface area contributed by atoms with E-state index in [0.29, 0.717) is 17.4 Å². The van der Waals surface area contributed by atoms with Crippen LogP contribution in [0.5, 0.6) is 0 Å². The van der Waals surface area contributed by atoms with Gasteiger partial charge in [0.25, 0.3) is 0 Å². The van der Waals surface area contributed by atoms with Crippen LogP contribution in [0.1, 0.15) is 20.3 Å². The maximum atomic E-state index is 5.94. The fourth-order valence-corrected chi connectivity index (χ4v) is 1.57. The first-order chi connectivity index (χ1) is 9.13. The second kappa shape index (κ2) is 8.26. The van der Waals surface area contributed by atoms with Crippen LogP contribution in [0.25, 0.3) is 0 Å². The van der Waals surface area contributed by atoms with Gasteiger partial charge in [-0.3, -0.25) is 9.98 Å². The zero-order valence-corrected chi connectivity index (χ0v) is 11.8. The smallest absolute Gasteiger partial charge is 0.123 e. The average Bonchev–Trinajstić information content (AvgIpc) is 2.40. The highest BCUT2D eigenvalue weighted by Gasteiger charge is 2.03. The van der Waals surface area contributed by atoms with Gasteiger partial charge in [-0.25, -0.2) is 0 Å². The molecule has 19 heavy (non-hydrogen) atoms. The molecule has 1 unspecified atom stereocenters. The van der Waals surface area contributed by atoms with E-state index in [1.54, 1.807) is 19.3 Å². The Morgan fingerprint density at radius 3 is 3.00 bits per heavy atom. The summed E-state index contributed by atoms with van der Waals surface area (Å²) in [6.07, 6.45) is 10.3. The molecule has 0 aromatic carbocycles. The number of allylic oxidation sites excluding steroid dienone is 3. The number of nitrogens with one attached hydrogen (secondary N) is 1. The van der Waals surface area contributed by atoms with Gasteiger partial charge in [-0.05, 0) is 25.8 Å². The molecule has 0 bridgehead atoms. The van der Waals surface area contributed by atoms with Crippen molar-refractivity contribution in [3.63, 3.8) is 0 Å². The molecular weight excluding hydrogens is 240 g/mol. The third kappa shape index (κ3) is 6.01. The molecule has 1 heterocycles. The van der Waals surface area contributed by atoms with Gasteiger partial charge in [-0.2, -0.15) is 5.48 Å². The van der Waals surface area contributed by atoms with Crippen LogP contribution in [-0.2, 0) is 4.84 Å². The minimum Gasteiger partial charge on any atom is -0.414 e. The lowest BCUT2D eigenvalue weighted by Gasteiger charge is -2.08. The first-order valence-corrected chi connectivity index (χ1v) is 6.30. The molecule has 0 spiro atoms. The van der Waals surface area contributed by atoms with Gasteiger partial charge >= 0.3 is 0 Å². The van der Waals surface area contributed by atoms with Crippen molar-refractivity contribution < 1.29 is 4.84 Å². The van der Waals surface area contributed by atoms with Crippen molar-refractivity contribution in [3.8, 4) is 0 Å². The minimum absolute atomic E-state index is 0.438. The summed E-state index contributed by atoms with van der Waals surface area (Å²) in [4.78, 5) is 13.5. The highest BCUT2D eigenvalue weighted by atomic mass is 16.6. The van der Waals surface area contributed by atoms with Gasteiger partial charge in [0.1, 0.15) is 5.76 Å². The lowest BCUT2D eigenvalue weighted by atomic mass is 10.1. The zero-order valence-electron chi connectivity index (χ0n) is 11.8. The van der Waals surface area contributed by atoms with Crippen molar-refractivity contribution in [1.82, 2.24) is 5.48 Å². The van der Waals surface area contributed by atoms with E-state index < -0.39 is 0 Å². The standard InChI is InChI=1S/C14H22N4O/c1-11(14(15)8-12(2)19-16-3)9-18-10-13-4-6-17-7-5-13/h4,6-9,13,16H,5,10,15H2,1-3H3/b12-8+,14-11?,18-9?. The molecule has 0 saturated carbocycles. The molecule has 0 aromatic rings. The third-order valence-corrected chi connectivity index (χ3v) is 2.66. The number of aliphatic imine (C=N–C) groups is 2. The zero-order chi connectivity index (χ0) is 14.1. The molecule has 1 rings (SSSR count). The molecule has 3 N–H and O–H groups in total. The maximum Gasteiger partial charge on any atom is 0.123 e. The molecule has 0 amide bonds. The number of rotatable bonds is 6. The van der Waals surface area contributed by atoms with Crippen LogP contribution in [0.3, 0.4) is 0 Å². The van der Waals surface area contributed by atoms with Crippen molar-refractivity contribution in [2.45, 2.75) is 20.3 Å². The normalized spacial score (nSPS) is 20.8. The molecule has 1 atom stereocenters. The number of nitrogens with zero attached hydrogens (tertiary/aromatic N) is 2. The summed E-state index contributed by atoms with van der Waals surface area (Å²) >= 11 is 0. The number of nitrogens with two attached hydrogens (primary N) is 1. The first kappa shape index (κ1) is 15.2. The van der Waals surface area contributed by atoms with E-state index in [1.165, 1.54) is 0 Å². The highest BCUT2D eigenvalue weighted by molar-refractivity contribution is 5.79. The largest absolute Gasteiger partial charge is 0.414 e. The van der Waals surface area contributed by atoms with Crippen molar-refractivity contribution in [2.24, 2.45) is 21.6 Å². The average molecular weight is 262 g/mol. The van der Waals surface area contributed by atoms with Crippen LogP contribution in [0.15, 0.2) is 45.4 Å². The van der Waals surface area contributed by atoms with Crippen molar-refractivity contribution in [2.75, 3.05) is 13.6 Å². The third-order valence-electron chi connectivity index (χ3n) is 2.66. The van der Waals surface area contributed by atoms with Gasteiger partial charge < -0.3 is 10.6 Å². The van der Waals surface area contributed by atoms with Crippen molar-refractivity contribution in [1.29, 1.82) is 0 Å². The van der Waals surface area contributed by atoms with E-state index in [9.17, 15) is 0 Å². The number of hydrogen-bond acceptors (Lipinski definition) is 5. The molecule has 1 aliphatic heterocycles. The van der Waals surface area contributed by atoms with Crippen molar-refractivity contribution >= 4 is 12.4 Å². The summed E-state index contributed by atoms with van der Waals surface area (Å²) in [5, 5.41) is 0. The van der Waals surface area contributed by atoms with E-state index in [-0.39, 0.29) is 0 Å². The minimum atomic E-state index is 0.438. The van der Waals surface area contributed by atoms with Crippen LogP contribution in [0, 0.1) is 5.92 Å². The molecule has 5 heteroatoms. The van der Waals surface area contributed by atoms with E-state index >= 15 is 0 Å². The van der Waals surface area contributed by atoms with Gasteiger partial charge in [0, 0.05) is 49.9 Å². The Morgan fingerprint density at radius 2 is 2.37 bits per heavy atom. The predicted molar refractivity (Wildman–Crippen MR) is 79.9 cm³/mol. The molecule has 0 radical (unpaired) electrons. The Labute approximate surface area is 114 Å². The Balaban J connectivity index is 2.52. The van der Waals surface area contributed by atoms with Gasteiger partial charge in [0.15, 0.2) is 0 Å².